The van der Waals surface area contributed by atoms with Crippen LogP contribution in [0.1, 0.15) is 5.82 Å². The Morgan fingerprint density at radius 2 is 1.97 bits per heavy atom. The molecule has 0 aliphatic rings. The van der Waals surface area contributed by atoms with Gasteiger partial charge in [-0.1, -0.05) is 46.6 Å². The molecular formula is C18H14Cl3FN4O2S. The standard InChI is InChI=1S/C18H14Cl3FN4O2S/c1-26-16(8-28-15-5-3-11(22)7-13(15)21)24-25-18(26)29-9-17(27)23-14-4-2-10(19)6-12(14)20/h2-7H,8-9H2,1H3,(H,23,27). The fourth-order valence-corrected chi connectivity index (χ4v) is 3.65. The summed E-state index contributed by atoms with van der Waals surface area (Å²) < 4.78 is 20.4. The highest BCUT2D eigenvalue weighted by molar-refractivity contribution is 7.99. The number of carbonyl (C=O) groups excluding carboxylic acids is 1. The number of benzene rings is 2. The van der Waals surface area contributed by atoms with Gasteiger partial charge in [0.05, 0.1) is 21.5 Å². The van der Waals surface area contributed by atoms with Gasteiger partial charge in [0.1, 0.15) is 18.2 Å². The van der Waals surface area contributed by atoms with Crippen molar-refractivity contribution >= 4 is 58.2 Å². The van der Waals surface area contributed by atoms with Crippen molar-refractivity contribution in [2.75, 3.05) is 11.1 Å². The summed E-state index contributed by atoms with van der Waals surface area (Å²) in [6, 6.07) is 8.68. The molecule has 1 heterocycles. The molecule has 152 valence electrons. The number of rotatable bonds is 7. The summed E-state index contributed by atoms with van der Waals surface area (Å²) in [5.74, 6) is 0.268. The fraction of sp³-hybridized carbons (Fsp3) is 0.167. The first-order valence-corrected chi connectivity index (χ1v) is 10.3. The summed E-state index contributed by atoms with van der Waals surface area (Å²) in [4.78, 5) is 12.2. The second-order valence-electron chi connectivity index (χ2n) is 5.78. The van der Waals surface area contributed by atoms with Crippen LogP contribution >= 0.6 is 46.6 Å². The first kappa shape index (κ1) is 21.7. The van der Waals surface area contributed by atoms with Crippen molar-refractivity contribution in [1.29, 1.82) is 0 Å². The summed E-state index contributed by atoms with van der Waals surface area (Å²) in [7, 11) is 1.75. The second-order valence-corrected chi connectivity index (χ2v) is 7.98. The quantitative estimate of drug-likeness (QED) is 0.474. The lowest BCUT2D eigenvalue weighted by Crippen LogP contribution is -2.15. The van der Waals surface area contributed by atoms with Crippen LogP contribution in [0.2, 0.25) is 15.1 Å². The van der Waals surface area contributed by atoms with Gasteiger partial charge in [-0.05, 0) is 36.4 Å². The van der Waals surface area contributed by atoms with E-state index in [1.165, 1.54) is 30.0 Å². The van der Waals surface area contributed by atoms with Crippen LogP contribution in [0.25, 0.3) is 0 Å². The number of halogens is 4. The third-order valence-corrected chi connectivity index (χ3v) is 5.58. The minimum Gasteiger partial charge on any atom is -0.484 e. The Hall–Kier alpha value is -2.00. The fourth-order valence-electron chi connectivity index (χ4n) is 2.24. The molecule has 1 amide bonds. The Bertz CT molecular complexity index is 1050. The zero-order chi connectivity index (χ0) is 21.0. The monoisotopic (exact) mass is 474 g/mol. The molecule has 3 aromatic rings. The first-order chi connectivity index (χ1) is 13.8. The normalized spacial score (nSPS) is 10.8. The van der Waals surface area contributed by atoms with Gasteiger partial charge in [-0.15, -0.1) is 10.2 Å². The molecule has 0 radical (unpaired) electrons. The van der Waals surface area contributed by atoms with Crippen molar-refractivity contribution in [3.63, 3.8) is 0 Å². The lowest BCUT2D eigenvalue weighted by atomic mass is 10.3. The average molecular weight is 476 g/mol. The number of carbonyl (C=O) groups is 1. The van der Waals surface area contributed by atoms with Crippen molar-refractivity contribution in [2.24, 2.45) is 7.05 Å². The highest BCUT2D eigenvalue weighted by atomic mass is 35.5. The summed E-state index contributed by atoms with van der Waals surface area (Å²) in [6.45, 7) is 0.0853. The molecule has 3 rings (SSSR count). The van der Waals surface area contributed by atoms with Gasteiger partial charge in [-0.25, -0.2) is 4.39 Å². The zero-order valence-corrected chi connectivity index (χ0v) is 18.0. The maximum atomic E-state index is 13.1. The number of thioether (sulfide) groups is 1. The van der Waals surface area contributed by atoms with Crippen molar-refractivity contribution in [2.45, 2.75) is 11.8 Å². The van der Waals surface area contributed by atoms with Crippen molar-refractivity contribution in [1.82, 2.24) is 14.8 Å². The molecule has 11 heteroatoms. The van der Waals surface area contributed by atoms with Gasteiger partial charge < -0.3 is 14.6 Å². The third kappa shape index (κ3) is 5.76. The van der Waals surface area contributed by atoms with E-state index in [-0.39, 0.29) is 23.3 Å². The average Bonchev–Trinajstić information content (AvgIpc) is 3.01. The van der Waals surface area contributed by atoms with Crippen LogP contribution in [0.5, 0.6) is 5.75 Å². The molecule has 0 aliphatic carbocycles. The maximum absolute atomic E-state index is 13.1. The van der Waals surface area contributed by atoms with E-state index < -0.39 is 5.82 Å². The predicted octanol–water partition coefficient (Wildman–Crippen LogP) is 5.22. The number of amides is 1. The van der Waals surface area contributed by atoms with Crippen molar-refractivity contribution < 1.29 is 13.9 Å². The maximum Gasteiger partial charge on any atom is 0.234 e. The second kappa shape index (κ2) is 9.67. The van der Waals surface area contributed by atoms with E-state index in [0.717, 1.165) is 0 Å². The van der Waals surface area contributed by atoms with Gasteiger partial charge in [0.2, 0.25) is 5.91 Å². The summed E-state index contributed by atoms with van der Waals surface area (Å²) >= 11 is 19.0. The van der Waals surface area contributed by atoms with Gasteiger partial charge >= 0.3 is 0 Å². The number of hydrogen-bond donors (Lipinski definition) is 1. The van der Waals surface area contributed by atoms with E-state index >= 15 is 0 Å². The zero-order valence-electron chi connectivity index (χ0n) is 15.0. The number of aromatic nitrogens is 3. The molecule has 0 spiro atoms. The van der Waals surface area contributed by atoms with E-state index in [2.05, 4.69) is 15.5 Å². The molecule has 0 fully saturated rings. The van der Waals surface area contributed by atoms with E-state index in [9.17, 15) is 9.18 Å². The molecule has 0 unspecified atom stereocenters. The van der Waals surface area contributed by atoms with E-state index in [0.29, 0.717) is 32.5 Å². The van der Waals surface area contributed by atoms with Crippen LogP contribution in [0.15, 0.2) is 41.6 Å². The topological polar surface area (TPSA) is 69.0 Å². The number of anilines is 1. The highest BCUT2D eigenvalue weighted by Gasteiger charge is 2.14. The number of hydrogen-bond acceptors (Lipinski definition) is 5. The van der Waals surface area contributed by atoms with Crippen LogP contribution in [0.3, 0.4) is 0 Å². The van der Waals surface area contributed by atoms with Gasteiger partial charge in [-0.3, -0.25) is 4.79 Å². The van der Waals surface area contributed by atoms with Gasteiger partial charge in [0.25, 0.3) is 0 Å². The Morgan fingerprint density at radius 3 is 2.69 bits per heavy atom. The van der Waals surface area contributed by atoms with E-state index in [1.807, 2.05) is 0 Å². The van der Waals surface area contributed by atoms with Crippen molar-refractivity contribution in [3.8, 4) is 5.75 Å². The molecular weight excluding hydrogens is 462 g/mol. The number of nitrogens with one attached hydrogen (secondary N) is 1. The highest BCUT2D eigenvalue weighted by Crippen LogP contribution is 2.27. The molecule has 0 saturated heterocycles. The first-order valence-electron chi connectivity index (χ1n) is 8.17. The summed E-state index contributed by atoms with van der Waals surface area (Å²) in [5.41, 5.74) is 0.477. The minimum absolute atomic E-state index is 0.0853. The molecule has 6 nitrogen and oxygen atoms in total. The van der Waals surface area contributed by atoms with Gasteiger partial charge in [-0.2, -0.15) is 0 Å². The van der Waals surface area contributed by atoms with Gasteiger partial charge in [0, 0.05) is 12.1 Å². The third-order valence-electron chi connectivity index (χ3n) is 3.71. The molecule has 0 bridgehead atoms. The van der Waals surface area contributed by atoms with Crippen LogP contribution in [-0.2, 0) is 18.4 Å². The minimum atomic E-state index is -0.446. The molecule has 1 N–H and O–H groups in total. The Kier molecular flexibility index (Phi) is 7.23. The van der Waals surface area contributed by atoms with Crippen molar-refractivity contribution in [3.05, 3.63) is 63.1 Å². The molecule has 0 saturated carbocycles. The van der Waals surface area contributed by atoms with Crippen LogP contribution in [-0.4, -0.2) is 26.4 Å². The van der Waals surface area contributed by atoms with Crippen LogP contribution < -0.4 is 10.1 Å². The van der Waals surface area contributed by atoms with Crippen LogP contribution in [0, 0.1) is 5.82 Å². The van der Waals surface area contributed by atoms with Crippen LogP contribution in [0.4, 0.5) is 10.1 Å². The predicted molar refractivity (Wildman–Crippen MR) is 113 cm³/mol. The molecule has 29 heavy (non-hydrogen) atoms. The molecule has 2 aromatic carbocycles. The number of nitrogens with zero attached hydrogens (tertiary/aromatic N) is 3. The summed E-state index contributed by atoms with van der Waals surface area (Å²) in [5, 5.41) is 12.4. The SMILES string of the molecule is Cn1c(COc2ccc(F)cc2Cl)nnc1SCC(=O)Nc1ccc(Cl)cc1Cl. The summed E-state index contributed by atoms with van der Waals surface area (Å²) in [6.07, 6.45) is 0. The molecule has 0 aliphatic heterocycles. The van der Waals surface area contributed by atoms with E-state index in [4.69, 9.17) is 39.5 Å². The molecule has 1 aromatic heterocycles. The number of ether oxygens (including phenoxy) is 1. The Morgan fingerprint density at radius 1 is 1.17 bits per heavy atom. The lowest BCUT2D eigenvalue weighted by Gasteiger charge is -2.09. The van der Waals surface area contributed by atoms with E-state index in [1.54, 1.807) is 29.8 Å². The lowest BCUT2D eigenvalue weighted by molar-refractivity contribution is -0.113. The smallest absolute Gasteiger partial charge is 0.234 e. The largest absolute Gasteiger partial charge is 0.484 e. The molecule has 0 atom stereocenters. The van der Waals surface area contributed by atoms with Gasteiger partial charge in [0.15, 0.2) is 11.0 Å². The Balaban J connectivity index is 1.55. The Labute approximate surface area is 185 Å².